The van der Waals surface area contributed by atoms with Crippen LogP contribution in [0.3, 0.4) is 0 Å². The molecule has 1 aliphatic rings. The average Bonchev–Trinajstić information content (AvgIpc) is 2.21. The first kappa shape index (κ1) is 12.8. The molecule has 1 fully saturated rings. The predicted octanol–water partition coefficient (Wildman–Crippen LogP) is -2.10. The average molecular weight is 214 g/mol. The number of benzene rings is 1. The summed E-state index contributed by atoms with van der Waals surface area (Å²) < 4.78 is 0. The first-order valence-electron chi connectivity index (χ1n) is 4.83. The van der Waals surface area contributed by atoms with Crippen LogP contribution in [0.25, 0.3) is 0 Å². The Hall–Kier alpha value is 0.776. The molecule has 0 aromatic heterocycles. The quantitative estimate of drug-likeness (QED) is 0.448. The van der Waals surface area contributed by atoms with E-state index in [1.807, 2.05) is 12.1 Å². The van der Waals surface area contributed by atoms with Crippen molar-refractivity contribution in [1.29, 1.82) is 0 Å². The number of piperazine rings is 1. The maximum Gasteiger partial charge on any atom is 1.00 e. The SMILES string of the molecule is [K+].[c-]1ccc(CN2CCNCC2)cc1. The largest absolute Gasteiger partial charge is 1.00 e. The fourth-order valence-corrected chi connectivity index (χ4v) is 1.65. The molecular weight excluding hydrogens is 199 g/mol. The Morgan fingerprint density at radius 3 is 2.50 bits per heavy atom. The van der Waals surface area contributed by atoms with Crippen molar-refractivity contribution < 1.29 is 51.4 Å². The molecular formula is C11H15KN2. The summed E-state index contributed by atoms with van der Waals surface area (Å²) in [7, 11) is 0. The van der Waals surface area contributed by atoms with Gasteiger partial charge in [0.05, 0.1) is 0 Å². The van der Waals surface area contributed by atoms with Gasteiger partial charge in [-0.15, -0.1) is 5.56 Å². The zero-order valence-corrected chi connectivity index (χ0v) is 11.9. The van der Waals surface area contributed by atoms with Crippen LogP contribution in [0.2, 0.25) is 0 Å². The van der Waals surface area contributed by atoms with E-state index in [1.54, 1.807) is 0 Å². The molecule has 3 heteroatoms. The molecule has 0 amide bonds. The number of rotatable bonds is 2. The minimum atomic E-state index is 0. The molecule has 1 saturated heterocycles. The maximum atomic E-state index is 3.35. The molecule has 0 unspecified atom stereocenters. The van der Waals surface area contributed by atoms with Crippen molar-refractivity contribution in [2.75, 3.05) is 26.2 Å². The van der Waals surface area contributed by atoms with E-state index < -0.39 is 0 Å². The van der Waals surface area contributed by atoms with Gasteiger partial charge in [-0.2, -0.15) is 30.3 Å². The van der Waals surface area contributed by atoms with Crippen LogP contribution < -0.4 is 56.7 Å². The first-order valence-corrected chi connectivity index (χ1v) is 4.83. The fraction of sp³-hybridized carbons (Fsp3) is 0.455. The topological polar surface area (TPSA) is 15.3 Å². The number of hydrogen-bond acceptors (Lipinski definition) is 2. The fourth-order valence-electron chi connectivity index (χ4n) is 1.65. The van der Waals surface area contributed by atoms with Gasteiger partial charge in [-0.3, -0.25) is 4.90 Å². The second-order valence-electron chi connectivity index (χ2n) is 3.43. The maximum absolute atomic E-state index is 3.35. The van der Waals surface area contributed by atoms with Gasteiger partial charge in [-0.25, -0.2) is 0 Å². The molecule has 1 N–H and O–H groups in total. The second kappa shape index (κ2) is 7.12. The molecule has 0 spiro atoms. The normalized spacial score (nSPS) is 17.4. The summed E-state index contributed by atoms with van der Waals surface area (Å²) in [5, 5.41) is 3.35. The second-order valence-corrected chi connectivity index (χ2v) is 3.43. The zero-order chi connectivity index (χ0) is 8.93. The third-order valence-electron chi connectivity index (χ3n) is 2.40. The molecule has 0 saturated carbocycles. The van der Waals surface area contributed by atoms with Gasteiger partial charge in [0.2, 0.25) is 0 Å². The van der Waals surface area contributed by atoms with Crippen molar-refractivity contribution in [2.45, 2.75) is 6.54 Å². The first-order chi connectivity index (χ1) is 6.45. The summed E-state index contributed by atoms with van der Waals surface area (Å²) in [6, 6.07) is 11.3. The van der Waals surface area contributed by atoms with E-state index in [4.69, 9.17) is 0 Å². The summed E-state index contributed by atoms with van der Waals surface area (Å²) >= 11 is 0. The molecule has 2 nitrogen and oxygen atoms in total. The van der Waals surface area contributed by atoms with E-state index in [0.717, 1.165) is 19.6 Å². The Bertz CT molecular complexity index is 245. The zero-order valence-electron chi connectivity index (χ0n) is 8.79. The van der Waals surface area contributed by atoms with Crippen molar-refractivity contribution >= 4 is 0 Å². The van der Waals surface area contributed by atoms with Crippen LogP contribution in [0.4, 0.5) is 0 Å². The number of nitrogens with one attached hydrogen (secondary N) is 1. The van der Waals surface area contributed by atoms with E-state index in [0.29, 0.717) is 0 Å². The van der Waals surface area contributed by atoms with E-state index >= 15 is 0 Å². The summed E-state index contributed by atoms with van der Waals surface area (Å²) in [5.74, 6) is 0. The van der Waals surface area contributed by atoms with E-state index in [9.17, 15) is 0 Å². The van der Waals surface area contributed by atoms with Gasteiger partial charge in [0.15, 0.2) is 0 Å². The van der Waals surface area contributed by atoms with Crippen molar-refractivity contribution in [3.05, 3.63) is 35.9 Å². The Morgan fingerprint density at radius 2 is 1.86 bits per heavy atom. The van der Waals surface area contributed by atoms with E-state index in [-0.39, 0.29) is 51.4 Å². The molecule has 2 rings (SSSR count). The minimum Gasteiger partial charge on any atom is -0.314 e. The Balaban J connectivity index is 0.000000980. The molecule has 0 aliphatic carbocycles. The third kappa shape index (κ3) is 4.10. The molecule has 1 heterocycles. The number of hydrogen-bond donors (Lipinski definition) is 1. The van der Waals surface area contributed by atoms with Crippen LogP contribution in [0, 0.1) is 6.07 Å². The van der Waals surface area contributed by atoms with Gasteiger partial charge in [-0.05, 0) is 0 Å². The molecule has 1 aromatic rings. The van der Waals surface area contributed by atoms with Gasteiger partial charge >= 0.3 is 51.4 Å². The van der Waals surface area contributed by atoms with Crippen LogP contribution in [-0.2, 0) is 6.54 Å². The van der Waals surface area contributed by atoms with Crippen LogP contribution >= 0.6 is 0 Å². The molecule has 0 bridgehead atoms. The van der Waals surface area contributed by atoms with Crippen LogP contribution in [0.15, 0.2) is 24.3 Å². The molecule has 14 heavy (non-hydrogen) atoms. The van der Waals surface area contributed by atoms with E-state index in [2.05, 4.69) is 28.4 Å². The standard InChI is InChI=1S/C11H15N2.K/c1-2-4-11(5-3-1)10-13-8-6-12-7-9-13;/h2-5,12H,6-10H2;/q-1;+1. The smallest absolute Gasteiger partial charge is 0.314 e. The summed E-state index contributed by atoms with van der Waals surface area (Å²) in [6.45, 7) is 5.66. The van der Waals surface area contributed by atoms with Crippen molar-refractivity contribution in [1.82, 2.24) is 10.2 Å². The van der Waals surface area contributed by atoms with Gasteiger partial charge < -0.3 is 5.32 Å². The molecule has 0 atom stereocenters. The van der Waals surface area contributed by atoms with Gasteiger partial charge in [0, 0.05) is 32.7 Å². The summed E-state index contributed by atoms with van der Waals surface area (Å²) in [6.07, 6.45) is 0. The molecule has 1 aromatic carbocycles. The van der Waals surface area contributed by atoms with Crippen LogP contribution in [0.1, 0.15) is 5.56 Å². The van der Waals surface area contributed by atoms with Crippen molar-refractivity contribution in [3.8, 4) is 0 Å². The monoisotopic (exact) mass is 214 g/mol. The number of nitrogens with zero attached hydrogens (tertiary/aromatic N) is 1. The molecule has 70 valence electrons. The van der Waals surface area contributed by atoms with Crippen molar-refractivity contribution in [3.63, 3.8) is 0 Å². The predicted molar refractivity (Wildman–Crippen MR) is 53.4 cm³/mol. The Labute approximate surface area is 128 Å². The Kier molecular flexibility index (Phi) is 6.53. The van der Waals surface area contributed by atoms with Gasteiger partial charge in [-0.1, -0.05) is 0 Å². The van der Waals surface area contributed by atoms with E-state index in [1.165, 1.54) is 18.7 Å². The summed E-state index contributed by atoms with van der Waals surface area (Å²) in [4.78, 5) is 2.48. The molecule has 1 aliphatic heterocycles. The van der Waals surface area contributed by atoms with Gasteiger partial charge in [0.25, 0.3) is 0 Å². The summed E-state index contributed by atoms with van der Waals surface area (Å²) in [5.41, 5.74) is 1.39. The van der Waals surface area contributed by atoms with Crippen LogP contribution in [0.5, 0.6) is 0 Å². The Morgan fingerprint density at radius 1 is 1.21 bits per heavy atom. The van der Waals surface area contributed by atoms with Gasteiger partial charge in [0.1, 0.15) is 0 Å². The minimum absolute atomic E-state index is 0. The van der Waals surface area contributed by atoms with Crippen LogP contribution in [-0.4, -0.2) is 31.1 Å². The van der Waals surface area contributed by atoms with Crippen molar-refractivity contribution in [2.24, 2.45) is 0 Å². The third-order valence-corrected chi connectivity index (χ3v) is 2.40. The molecule has 0 radical (unpaired) electrons.